The van der Waals surface area contributed by atoms with Crippen LogP contribution < -0.4 is 10.6 Å². The molecule has 1 fully saturated rings. The fourth-order valence-corrected chi connectivity index (χ4v) is 4.53. The third-order valence-corrected chi connectivity index (χ3v) is 6.62. The quantitative estimate of drug-likeness (QED) is 0.406. The third kappa shape index (κ3) is 6.89. The van der Waals surface area contributed by atoms with Crippen molar-refractivity contribution in [2.24, 2.45) is 5.41 Å². The number of hydrogen-bond acceptors (Lipinski definition) is 4. The average Bonchev–Trinajstić information content (AvgIpc) is 3.62. The molecular weight excluding hydrogens is 509 g/mol. The van der Waals surface area contributed by atoms with Gasteiger partial charge in [0, 0.05) is 35.6 Å². The number of carbonyl (C=O) groups is 3. The molecular formula is C28H33ClFN5O3. The first-order valence-electron chi connectivity index (χ1n) is 12.7. The van der Waals surface area contributed by atoms with E-state index in [0.29, 0.717) is 12.1 Å². The Bertz CT molecular complexity index is 1380. The lowest BCUT2D eigenvalue weighted by molar-refractivity contribution is -0.137. The number of nitrogens with zero attached hydrogens (tertiary/aromatic N) is 3. The van der Waals surface area contributed by atoms with Gasteiger partial charge in [-0.2, -0.15) is 5.10 Å². The maximum absolute atomic E-state index is 14.1. The first-order chi connectivity index (χ1) is 17.9. The van der Waals surface area contributed by atoms with Gasteiger partial charge in [0.15, 0.2) is 0 Å². The molecule has 1 heterocycles. The minimum atomic E-state index is -0.567. The average molecular weight is 542 g/mol. The molecule has 0 radical (unpaired) electrons. The molecule has 2 N–H and O–H groups in total. The van der Waals surface area contributed by atoms with E-state index in [-0.39, 0.29) is 59.4 Å². The smallest absolute Gasteiger partial charge is 0.245 e. The number of halogens is 2. The van der Waals surface area contributed by atoms with Gasteiger partial charge >= 0.3 is 0 Å². The van der Waals surface area contributed by atoms with Gasteiger partial charge in [-0.15, -0.1) is 0 Å². The van der Waals surface area contributed by atoms with E-state index in [4.69, 9.17) is 11.6 Å². The zero-order valence-electron chi connectivity index (χ0n) is 22.1. The van der Waals surface area contributed by atoms with Crippen molar-refractivity contribution in [2.45, 2.75) is 66.1 Å². The van der Waals surface area contributed by atoms with Gasteiger partial charge in [-0.05, 0) is 49.4 Å². The van der Waals surface area contributed by atoms with Crippen LogP contribution in [0.25, 0.3) is 10.9 Å². The predicted octanol–water partition coefficient (Wildman–Crippen LogP) is 4.82. The number of hydrogen-bond donors (Lipinski definition) is 2. The van der Waals surface area contributed by atoms with E-state index in [0.717, 1.165) is 29.4 Å². The summed E-state index contributed by atoms with van der Waals surface area (Å²) in [4.78, 5) is 39.8. The van der Waals surface area contributed by atoms with E-state index in [1.165, 1.54) is 6.07 Å². The number of aromatic nitrogens is 2. The molecule has 0 bridgehead atoms. The molecule has 1 aliphatic carbocycles. The maximum atomic E-state index is 14.1. The van der Waals surface area contributed by atoms with Crippen molar-refractivity contribution in [1.82, 2.24) is 20.0 Å². The van der Waals surface area contributed by atoms with Crippen LogP contribution in [0, 0.1) is 18.2 Å². The van der Waals surface area contributed by atoms with Crippen molar-refractivity contribution >= 4 is 45.9 Å². The lowest BCUT2D eigenvalue weighted by Crippen LogP contribution is -2.43. The molecule has 1 saturated carbocycles. The normalized spacial score (nSPS) is 13.4. The van der Waals surface area contributed by atoms with Crippen LogP contribution >= 0.6 is 11.6 Å². The van der Waals surface area contributed by atoms with Crippen molar-refractivity contribution < 1.29 is 18.8 Å². The molecule has 1 aliphatic rings. The fourth-order valence-electron chi connectivity index (χ4n) is 4.34. The van der Waals surface area contributed by atoms with Gasteiger partial charge in [-0.25, -0.2) is 4.39 Å². The van der Waals surface area contributed by atoms with Crippen LogP contribution in [0.2, 0.25) is 5.02 Å². The highest BCUT2D eigenvalue weighted by Gasteiger charge is 2.34. The number of amides is 3. The second-order valence-corrected chi connectivity index (χ2v) is 11.4. The topological polar surface area (TPSA) is 96.3 Å². The van der Waals surface area contributed by atoms with Gasteiger partial charge in [-0.1, -0.05) is 44.5 Å². The van der Waals surface area contributed by atoms with E-state index in [2.05, 4.69) is 15.7 Å². The van der Waals surface area contributed by atoms with Crippen LogP contribution in [0.1, 0.15) is 51.3 Å². The first kappa shape index (κ1) is 27.6. The highest BCUT2D eigenvalue weighted by atomic mass is 35.5. The van der Waals surface area contributed by atoms with Crippen LogP contribution in [0.4, 0.5) is 10.1 Å². The number of carbonyl (C=O) groups excluding carboxylic acids is 3. The maximum Gasteiger partial charge on any atom is 0.245 e. The summed E-state index contributed by atoms with van der Waals surface area (Å²) in [6.45, 7) is 7.72. The molecule has 4 rings (SSSR count). The van der Waals surface area contributed by atoms with E-state index >= 15 is 0 Å². The molecule has 2 aromatic carbocycles. The molecule has 0 spiro atoms. The molecule has 0 saturated heterocycles. The minimum absolute atomic E-state index is 0.00344. The molecule has 10 heteroatoms. The molecule has 0 atom stereocenters. The Balaban J connectivity index is 1.41. The number of anilines is 1. The number of aryl methyl sites for hydroxylation is 1. The van der Waals surface area contributed by atoms with E-state index < -0.39 is 5.82 Å². The van der Waals surface area contributed by atoms with Gasteiger partial charge < -0.3 is 15.5 Å². The largest absolute Gasteiger partial charge is 0.350 e. The Morgan fingerprint density at radius 3 is 2.58 bits per heavy atom. The zero-order chi connectivity index (χ0) is 27.6. The fraction of sp³-hybridized carbons (Fsp3) is 0.429. The lowest BCUT2D eigenvalue weighted by Gasteiger charge is -2.22. The van der Waals surface area contributed by atoms with Crippen molar-refractivity contribution in [3.63, 3.8) is 0 Å². The molecule has 38 heavy (non-hydrogen) atoms. The second-order valence-electron chi connectivity index (χ2n) is 11.0. The number of fused-ring (bicyclic) bond motifs is 1. The molecule has 0 unspecified atom stereocenters. The molecule has 3 amide bonds. The molecule has 0 aliphatic heterocycles. The van der Waals surface area contributed by atoms with Crippen LogP contribution in [0.5, 0.6) is 0 Å². The first-order valence-corrected chi connectivity index (χ1v) is 13.0. The Hall–Kier alpha value is -3.46. The molecule has 8 nitrogen and oxygen atoms in total. The zero-order valence-corrected chi connectivity index (χ0v) is 22.9. The Morgan fingerprint density at radius 1 is 1.16 bits per heavy atom. The number of rotatable bonds is 9. The van der Waals surface area contributed by atoms with Gasteiger partial charge in [-0.3, -0.25) is 19.1 Å². The summed E-state index contributed by atoms with van der Waals surface area (Å²) in [6, 6.07) is 10.1. The lowest BCUT2D eigenvalue weighted by atomic mass is 9.92. The number of nitrogens with one attached hydrogen (secondary N) is 2. The third-order valence-electron chi connectivity index (χ3n) is 6.32. The van der Waals surface area contributed by atoms with Crippen LogP contribution in [0.15, 0.2) is 36.4 Å². The van der Waals surface area contributed by atoms with Crippen LogP contribution in [0.3, 0.4) is 0 Å². The Kier molecular flexibility index (Phi) is 8.06. The minimum Gasteiger partial charge on any atom is -0.350 e. The highest BCUT2D eigenvalue weighted by Crippen LogP contribution is 2.28. The molecule has 1 aromatic heterocycles. The van der Waals surface area contributed by atoms with E-state index in [1.54, 1.807) is 27.8 Å². The molecule has 202 valence electrons. The summed E-state index contributed by atoms with van der Waals surface area (Å²) >= 11 is 5.81. The van der Waals surface area contributed by atoms with Gasteiger partial charge in [0.05, 0.1) is 22.8 Å². The summed E-state index contributed by atoms with van der Waals surface area (Å²) in [7, 11) is 0. The Labute approximate surface area is 226 Å². The molecule has 3 aromatic rings. The predicted molar refractivity (Wildman–Crippen MR) is 145 cm³/mol. The summed E-state index contributed by atoms with van der Waals surface area (Å²) in [6.07, 6.45) is 2.06. The van der Waals surface area contributed by atoms with Crippen molar-refractivity contribution in [1.29, 1.82) is 0 Å². The summed E-state index contributed by atoms with van der Waals surface area (Å²) in [5.74, 6) is -1.22. The van der Waals surface area contributed by atoms with Crippen LogP contribution in [-0.2, 0) is 27.5 Å². The van der Waals surface area contributed by atoms with Crippen LogP contribution in [-0.4, -0.2) is 45.0 Å². The number of benzene rings is 2. The summed E-state index contributed by atoms with van der Waals surface area (Å²) < 4.78 is 15.8. The van der Waals surface area contributed by atoms with Crippen molar-refractivity contribution in [2.75, 3.05) is 11.9 Å². The van der Waals surface area contributed by atoms with Gasteiger partial charge in [0.2, 0.25) is 17.7 Å². The van der Waals surface area contributed by atoms with E-state index in [9.17, 15) is 18.8 Å². The standard InChI is InChI=1S/C28H33ClFN5O3/c1-17-21-12-19(32-24(36)13-28(2,3)4)8-11-23(21)35(33-17)16-26(38)34(20-9-10-20)15-25(37)31-14-18-6-5-7-22(29)27(18)30/h5-8,11-12,20H,9-10,13-16H2,1-4H3,(H,31,37)(H,32,36). The second kappa shape index (κ2) is 11.1. The highest BCUT2D eigenvalue weighted by molar-refractivity contribution is 6.30. The summed E-state index contributed by atoms with van der Waals surface area (Å²) in [5, 5.41) is 11.0. The SMILES string of the molecule is Cc1nn(CC(=O)N(CC(=O)NCc2cccc(Cl)c2F)C2CC2)c2ccc(NC(=O)CC(C)(C)C)cc12. The Morgan fingerprint density at radius 2 is 1.89 bits per heavy atom. The summed E-state index contributed by atoms with van der Waals surface area (Å²) in [5.41, 5.74) is 2.33. The van der Waals surface area contributed by atoms with Gasteiger partial charge in [0.1, 0.15) is 12.4 Å². The van der Waals surface area contributed by atoms with Crippen molar-refractivity contribution in [3.8, 4) is 0 Å². The van der Waals surface area contributed by atoms with Gasteiger partial charge in [0.25, 0.3) is 0 Å². The monoisotopic (exact) mass is 541 g/mol. The van der Waals surface area contributed by atoms with Crippen molar-refractivity contribution in [3.05, 3.63) is 58.5 Å². The van der Waals surface area contributed by atoms with E-state index in [1.807, 2.05) is 39.8 Å².